The second kappa shape index (κ2) is 3.87. The van der Waals surface area contributed by atoms with Gasteiger partial charge in [0.25, 0.3) is 0 Å². The van der Waals surface area contributed by atoms with E-state index in [9.17, 15) is 0 Å². The fourth-order valence-electron chi connectivity index (χ4n) is 2.06. The summed E-state index contributed by atoms with van der Waals surface area (Å²) in [6, 6.07) is 7.15. The van der Waals surface area contributed by atoms with Gasteiger partial charge in [-0.15, -0.1) is 0 Å². The highest BCUT2D eigenvalue weighted by Gasteiger charge is 2.18. The van der Waals surface area contributed by atoms with Gasteiger partial charge in [0.05, 0.1) is 0 Å². The molecule has 1 saturated heterocycles. The maximum Gasteiger partial charge on any atom is 0.231 e. The highest BCUT2D eigenvalue weighted by Crippen LogP contribution is 2.35. The molecule has 0 aliphatic carbocycles. The molecule has 2 aliphatic heterocycles. The highest BCUT2D eigenvalue weighted by molar-refractivity contribution is 5.56. The lowest BCUT2D eigenvalue weighted by Gasteiger charge is -2.33. The lowest BCUT2D eigenvalue weighted by atomic mass is 10.2. The van der Waals surface area contributed by atoms with E-state index >= 15 is 0 Å². The molecule has 3 rings (SSSR count). The molecule has 0 atom stereocenters. The maximum absolute atomic E-state index is 5.37. The van der Waals surface area contributed by atoms with E-state index in [1.54, 1.807) is 0 Å². The molecular weight excluding hydrogens is 204 g/mol. The number of piperazine rings is 1. The first-order chi connectivity index (χ1) is 7.83. The number of benzene rings is 1. The summed E-state index contributed by atoms with van der Waals surface area (Å²) in [6.45, 7) is 4.62. The molecule has 0 amide bonds. The number of hydrogen-bond acceptors (Lipinski definition) is 4. The van der Waals surface area contributed by atoms with Gasteiger partial charge in [0.2, 0.25) is 6.79 Å². The summed E-state index contributed by atoms with van der Waals surface area (Å²) in [7, 11) is 2.15. The van der Waals surface area contributed by atoms with Crippen molar-refractivity contribution in [3.05, 3.63) is 18.2 Å². The van der Waals surface area contributed by atoms with Crippen molar-refractivity contribution < 1.29 is 9.47 Å². The molecule has 1 aromatic carbocycles. The number of fused-ring (bicyclic) bond motifs is 1. The van der Waals surface area contributed by atoms with Crippen molar-refractivity contribution in [3.8, 4) is 11.5 Å². The van der Waals surface area contributed by atoms with Crippen LogP contribution in [0.15, 0.2) is 12.1 Å². The van der Waals surface area contributed by atoms with Crippen LogP contribution in [0.25, 0.3) is 0 Å². The van der Waals surface area contributed by atoms with Gasteiger partial charge in [0.15, 0.2) is 11.5 Å². The zero-order chi connectivity index (χ0) is 11.0. The predicted molar refractivity (Wildman–Crippen MR) is 61.1 cm³/mol. The molecular formula is C12H15N2O2. The number of nitrogens with zero attached hydrogens (tertiary/aromatic N) is 2. The molecule has 4 nitrogen and oxygen atoms in total. The van der Waals surface area contributed by atoms with E-state index in [2.05, 4.69) is 22.9 Å². The lowest BCUT2D eigenvalue weighted by Crippen LogP contribution is -2.44. The quantitative estimate of drug-likeness (QED) is 0.702. The van der Waals surface area contributed by atoms with Crippen LogP contribution in [-0.4, -0.2) is 44.9 Å². The van der Waals surface area contributed by atoms with Gasteiger partial charge in [-0.25, -0.2) is 0 Å². The average Bonchev–Trinajstić information content (AvgIpc) is 2.77. The van der Waals surface area contributed by atoms with Crippen LogP contribution < -0.4 is 14.4 Å². The third kappa shape index (κ3) is 1.69. The SMILES string of the molecule is CN1CCN(c2[c]cc3c(c2)OCO3)CC1. The fraction of sp³-hybridized carbons (Fsp3) is 0.500. The molecule has 2 aliphatic rings. The number of rotatable bonds is 1. The van der Waals surface area contributed by atoms with Crippen LogP contribution in [0.2, 0.25) is 0 Å². The topological polar surface area (TPSA) is 24.9 Å². The fourth-order valence-corrected chi connectivity index (χ4v) is 2.06. The molecule has 2 heterocycles. The minimum Gasteiger partial charge on any atom is -0.454 e. The second-order valence-corrected chi connectivity index (χ2v) is 4.24. The molecule has 0 bridgehead atoms. The van der Waals surface area contributed by atoms with Crippen LogP contribution in [0.1, 0.15) is 0 Å². The average molecular weight is 219 g/mol. The van der Waals surface area contributed by atoms with Crippen molar-refractivity contribution in [2.75, 3.05) is 44.9 Å². The summed E-state index contributed by atoms with van der Waals surface area (Å²) in [4.78, 5) is 4.67. The first kappa shape index (κ1) is 9.78. The summed E-state index contributed by atoms with van der Waals surface area (Å²) in [5.74, 6) is 1.64. The Morgan fingerprint density at radius 3 is 2.69 bits per heavy atom. The van der Waals surface area contributed by atoms with E-state index in [4.69, 9.17) is 9.47 Å². The zero-order valence-electron chi connectivity index (χ0n) is 9.40. The van der Waals surface area contributed by atoms with E-state index in [1.807, 2.05) is 12.1 Å². The summed E-state index contributed by atoms with van der Waals surface area (Å²) in [5, 5.41) is 0. The Bertz CT molecular complexity index is 387. The van der Waals surface area contributed by atoms with Gasteiger partial charge < -0.3 is 19.3 Å². The predicted octanol–water partition coefficient (Wildman–Crippen LogP) is 0.967. The molecule has 1 aromatic rings. The van der Waals surface area contributed by atoms with E-state index in [0.717, 1.165) is 43.4 Å². The van der Waals surface area contributed by atoms with Crippen molar-refractivity contribution in [1.82, 2.24) is 4.90 Å². The van der Waals surface area contributed by atoms with Gasteiger partial charge in [-0.2, -0.15) is 0 Å². The molecule has 0 saturated carbocycles. The van der Waals surface area contributed by atoms with Crippen molar-refractivity contribution in [3.63, 3.8) is 0 Å². The third-order valence-corrected chi connectivity index (χ3v) is 3.13. The van der Waals surface area contributed by atoms with Gasteiger partial charge in [-0.3, -0.25) is 0 Å². The van der Waals surface area contributed by atoms with Gasteiger partial charge in [0.1, 0.15) is 0 Å². The smallest absolute Gasteiger partial charge is 0.231 e. The van der Waals surface area contributed by atoms with Gasteiger partial charge in [-0.05, 0) is 13.1 Å². The largest absolute Gasteiger partial charge is 0.454 e. The molecule has 0 unspecified atom stereocenters. The maximum atomic E-state index is 5.37. The van der Waals surface area contributed by atoms with Crippen LogP contribution in [0.3, 0.4) is 0 Å². The number of likely N-dealkylation sites (N-methyl/N-ethyl adjacent to an activating group) is 1. The van der Waals surface area contributed by atoms with E-state index < -0.39 is 0 Å². The molecule has 4 heteroatoms. The number of anilines is 1. The Hall–Kier alpha value is -1.42. The summed E-state index contributed by atoms with van der Waals surface area (Å²) >= 11 is 0. The highest BCUT2D eigenvalue weighted by atomic mass is 16.7. The Morgan fingerprint density at radius 2 is 1.88 bits per heavy atom. The first-order valence-electron chi connectivity index (χ1n) is 5.58. The molecule has 0 N–H and O–H groups in total. The lowest BCUT2D eigenvalue weighted by molar-refractivity contribution is 0.174. The Labute approximate surface area is 95.4 Å². The third-order valence-electron chi connectivity index (χ3n) is 3.13. The van der Waals surface area contributed by atoms with Crippen LogP contribution in [0.4, 0.5) is 5.69 Å². The van der Waals surface area contributed by atoms with Crippen molar-refractivity contribution in [2.45, 2.75) is 0 Å². The Balaban J connectivity index is 1.79. The minimum atomic E-state index is 0.329. The number of hydrogen-bond donors (Lipinski definition) is 0. The van der Waals surface area contributed by atoms with Crippen LogP contribution in [0.5, 0.6) is 11.5 Å². The molecule has 0 aromatic heterocycles. The number of ether oxygens (including phenoxy) is 2. The van der Waals surface area contributed by atoms with E-state index in [-0.39, 0.29) is 0 Å². The van der Waals surface area contributed by atoms with Gasteiger partial charge >= 0.3 is 0 Å². The normalized spacial score (nSPS) is 20.2. The van der Waals surface area contributed by atoms with Crippen LogP contribution in [0, 0.1) is 6.07 Å². The molecule has 1 radical (unpaired) electrons. The minimum absolute atomic E-state index is 0.329. The monoisotopic (exact) mass is 219 g/mol. The molecule has 85 valence electrons. The van der Waals surface area contributed by atoms with Crippen molar-refractivity contribution in [1.29, 1.82) is 0 Å². The Kier molecular flexibility index (Phi) is 2.36. The van der Waals surface area contributed by atoms with E-state index in [1.165, 1.54) is 0 Å². The van der Waals surface area contributed by atoms with Gasteiger partial charge in [0, 0.05) is 44.0 Å². The van der Waals surface area contributed by atoms with Crippen LogP contribution >= 0.6 is 0 Å². The standard InChI is InChI=1S/C12H15N2O2/c1-13-4-6-14(7-5-13)10-2-3-11-12(8-10)16-9-15-11/h3,8H,4-7,9H2,1H3. The molecule has 16 heavy (non-hydrogen) atoms. The second-order valence-electron chi connectivity index (χ2n) is 4.24. The Morgan fingerprint density at radius 1 is 1.12 bits per heavy atom. The summed E-state index contributed by atoms with van der Waals surface area (Å²) in [6.07, 6.45) is 0. The van der Waals surface area contributed by atoms with Gasteiger partial charge in [-0.1, -0.05) is 0 Å². The first-order valence-corrected chi connectivity index (χ1v) is 5.58. The molecule has 0 spiro atoms. The van der Waals surface area contributed by atoms with Crippen molar-refractivity contribution in [2.24, 2.45) is 0 Å². The zero-order valence-corrected chi connectivity index (χ0v) is 9.40. The van der Waals surface area contributed by atoms with Crippen LogP contribution in [-0.2, 0) is 0 Å². The van der Waals surface area contributed by atoms with Crippen molar-refractivity contribution >= 4 is 5.69 Å². The molecule has 1 fully saturated rings. The summed E-state index contributed by atoms with van der Waals surface area (Å²) in [5.41, 5.74) is 1.11. The van der Waals surface area contributed by atoms with E-state index in [0.29, 0.717) is 6.79 Å². The summed E-state index contributed by atoms with van der Waals surface area (Å²) < 4.78 is 10.6.